The predicted octanol–water partition coefficient (Wildman–Crippen LogP) is 2.84. The van der Waals surface area contributed by atoms with E-state index in [1.54, 1.807) is 6.92 Å². The minimum atomic E-state index is -0.459. The van der Waals surface area contributed by atoms with E-state index in [1.807, 2.05) is 0 Å². The number of carbonyl (C=O) groups excluding carboxylic acids is 1. The number of aromatic nitrogens is 1. The number of nitrogens with zero attached hydrogens (tertiary/aromatic N) is 1. The van der Waals surface area contributed by atoms with Gasteiger partial charge in [0.05, 0.1) is 6.61 Å². The van der Waals surface area contributed by atoms with Crippen molar-refractivity contribution < 1.29 is 13.9 Å². The molecule has 0 bridgehead atoms. The van der Waals surface area contributed by atoms with Gasteiger partial charge in [0.15, 0.2) is 5.69 Å². The fraction of sp³-hybridized carbons (Fsp3) is 0.667. The minimum Gasteiger partial charge on any atom is -0.461 e. The van der Waals surface area contributed by atoms with Crippen LogP contribution in [0.1, 0.15) is 51.0 Å². The zero-order chi connectivity index (χ0) is 12.9. The van der Waals surface area contributed by atoms with E-state index in [9.17, 15) is 4.79 Å². The monoisotopic (exact) mass is 240 g/mol. The molecule has 0 atom stereocenters. The Labute approximate surface area is 102 Å². The zero-order valence-electron chi connectivity index (χ0n) is 10.9. The Balaban J connectivity index is 2.71. The molecule has 1 rings (SSSR count). The van der Waals surface area contributed by atoms with E-state index in [1.165, 1.54) is 6.26 Å². The fourth-order valence-corrected chi connectivity index (χ4v) is 1.31. The lowest BCUT2D eigenvalue weighted by molar-refractivity contribution is 0.0519. The molecule has 1 aromatic heterocycles. The largest absolute Gasteiger partial charge is 0.461 e. The van der Waals surface area contributed by atoms with Crippen molar-refractivity contribution in [3.63, 3.8) is 0 Å². The van der Waals surface area contributed by atoms with Crippen molar-refractivity contribution >= 4 is 12.0 Å². The van der Waals surface area contributed by atoms with Crippen molar-refractivity contribution in [1.29, 1.82) is 0 Å². The lowest BCUT2D eigenvalue weighted by atomic mass is 9.96. The number of ether oxygens (including phenoxy) is 1. The van der Waals surface area contributed by atoms with Crippen LogP contribution >= 0.6 is 0 Å². The van der Waals surface area contributed by atoms with Crippen LogP contribution in [0.2, 0.25) is 0 Å². The number of hydrogen-bond donors (Lipinski definition) is 1. The molecule has 0 saturated heterocycles. The van der Waals surface area contributed by atoms with Crippen molar-refractivity contribution in [3.05, 3.63) is 12.0 Å². The van der Waals surface area contributed by atoms with Crippen LogP contribution in [-0.4, -0.2) is 23.1 Å². The first kappa shape index (κ1) is 13.5. The molecule has 0 aliphatic rings. The summed E-state index contributed by atoms with van der Waals surface area (Å²) in [5, 5.41) is 3.19. The number of anilines is 1. The molecule has 5 nitrogen and oxygen atoms in total. The number of esters is 1. The van der Waals surface area contributed by atoms with E-state index in [0.717, 1.165) is 12.8 Å². The van der Waals surface area contributed by atoms with Crippen LogP contribution in [0.4, 0.5) is 6.01 Å². The lowest BCUT2D eigenvalue weighted by Crippen LogP contribution is -2.33. The zero-order valence-corrected chi connectivity index (χ0v) is 10.9. The van der Waals surface area contributed by atoms with Gasteiger partial charge in [-0.05, 0) is 26.7 Å². The van der Waals surface area contributed by atoms with E-state index in [2.05, 4.69) is 31.1 Å². The van der Waals surface area contributed by atoms with Gasteiger partial charge in [0, 0.05) is 5.54 Å². The van der Waals surface area contributed by atoms with Crippen LogP contribution in [0.5, 0.6) is 0 Å². The first-order valence-corrected chi connectivity index (χ1v) is 5.95. The van der Waals surface area contributed by atoms with E-state index in [0.29, 0.717) is 12.6 Å². The summed E-state index contributed by atoms with van der Waals surface area (Å²) in [7, 11) is 0. The second kappa shape index (κ2) is 5.70. The van der Waals surface area contributed by atoms with Crippen molar-refractivity contribution in [2.75, 3.05) is 11.9 Å². The summed E-state index contributed by atoms with van der Waals surface area (Å²) < 4.78 is 10.0. The Morgan fingerprint density at radius 2 is 2.12 bits per heavy atom. The lowest BCUT2D eigenvalue weighted by Gasteiger charge is -2.26. The van der Waals surface area contributed by atoms with Crippen molar-refractivity contribution in [2.45, 2.75) is 46.1 Å². The number of nitrogens with one attached hydrogen (secondary N) is 1. The smallest absolute Gasteiger partial charge is 0.360 e. The van der Waals surface area contributed by atoms with E-state index in [4.69, 9.17) is 9.15 Å². The summed E-state index contributed by atoms with van der Waals surface area (Å²) >= 11 is 0. The van der Waals surface area contributed by atoms with E-state index >= 15 is 0 Å². The molecule has 0 aliphatic carbocycles. The highest BCUT2D eigenvalue weighted by Crippen LogP contribution is 2.21. The summed E-state index contributed by atoms with van der Waals surface area (Å²) in [4.78, 5) is 15.4. The van der Waals surface area contributed by atoms with Gasteiger partial charge >= 0.3 is 5.97 Å². The van der Waals surface area contributed by atoms with Gasteiger partial charge in [-0.1, -0.05) is 13.8 Å². The molecule has 1 heterocycles. The van der Waals surface area contributed by atoms with Crippen LogP contribution in [-0.2, 0) is 4.74 Å². The normalized spacial score (nSPS) is 11.3. The maximum atomic E-state index is 11.4. The van der Waals surface area contributed by atoms with Crippen LogP contribution in [0, 0.1) is 0 Å². The molecule has 0 spiro atoms. The highest BCUT2D eigenvalue weighted by Gasteiger charge is 2.22. The Hall–Kier alpha value is -1.52. The Morgan fingerprint density at radius 3 is 2.65 bits per heavy atom. The Bertz CT molecular complexity index is 370. The molecule has 1 aromatic rings. The molecule has 17 heavy (non-hydrogen) atoms. The standard InChI is InChI=1S/C12H20N2O3/c1-5-12(4,6-2)14-11-13-9(8-17-11)10(15)16-7-3/h8H,5-7H2,1-4H3,(H,13,14). The molecule has 5 heteroatoms. The second-order valence-corrected chi connectivity index (χ2v) is 4.15. The first-order valence-electron chi connectivity index (χ1n) is 5.95. The summed E-state index contributed by atoms with van der Waals surface area (Å²) in [6.45, 7) is 8.34. The number of carbonyl (C=O) groups is 1. The average molecular weight is 240 g/mol. The van der Waals surface area contributed by atoms with Crippen LogP contribution < -0.4 is 5.32 Å². The van der Waals surface area contributed by atoms with Gasteiger partial charge in [0.25, 0.3) is 6.01 Å². The summed E-state index contributed by atoms with van der Waals surface area (Å²) in [5.74, 6) is -0.459. The molecule has 0 aromatic carbocycles. The molecule has 1 N–H and O–H groups in total. The molecule has 0 radical (unpaired) electrons. The van der Waals surface area contributed by atoms with E-state index < -0.39 is 5.97 Å². The SMILES string of the molecule is CCOC(=O)c1coc(NC(C)(CC)CC)n1. The molecule has 0 saturated carbocycles. The number of oxazole rings is 1. The van der Waals surface area contributed by atoms with Gasteiger partial charge in [-0.3, -0.25) is 0 Å². The molecular formula is C12H20N2O3. The highest BCUT2D eigenvalue weighted by molar-refractivity contribution is 5.87. The highest BCUT2D eigenvalue weighted by atomic mass is 16.5. The molecule has 0 unspecified atom stereocenters. The maximum Gasteiger partial charge on any atom is 0.360 e. The van der Waals surface area contributed by atoms with Gasteiger partial charge in [0.2, 0.25) is 0 Å². The van der Waals surface area contributed by atoms with Crippen LogP contribution in [0.3, 0.4) is 0 Å². The van der Waals surface area contributed by atoms with Gasteiger partial charge in [-0.25, -0.2) is 4.79 Å². The summed E-state index contributed by atoms with van der Waals surface area (Å²) in [6.07, 6.45) is 3.20. The predicted molar refractivity (Wildman–Crippen MR) is 65.1 cm³/mol. The number of hydrogen-bond acceptors (Lipinski definition) is 5. The van der Waals surface area contributed by atoms with Crippen LogP contribution in [0.15, 0.2) is 10.7 Å². The molecule has 96 valence electrons. The average Bonchev–Trinajstić information content (AvgIpc) is 2.77. The molecule has 0 fully saturated rings. The first-order chi connectivity index (χ1) is 8.04. The van der Waals surface area contributed by atoms with E-state index in [-0.39, 0.29) is 11.2 Å². The van der Waals surface area contributed by atoms with Crippen molar-refractivity contribution in [2.24, 2.45) is 0 Å². The Kier molecular flexibility index (Phi) is 4.54. The topological polar surface area (TPSA) is 64.4 Å². The minimum absolute atomic E-state index is 0.0726. The fourth-order valence-electron chi connectivity index (χ4n) is 1.31. The quantitative estimate of drug-likeness (QED) is 0.774. The van der Waals surface area contributed by atoms with Gasteiger partial charge in [-0.2, -0.15) is 4.98 Å². The molecule has 0 aliphatic heterocycles. The third-order valence-corrected chi connectivity index (χ3v) is 2.96. The summed E-state index contributed by atoms with van der Waals surface area (Å²) in [5.41, 5.74) is 0.125. The number of rotatable bonds is 6. The maximum absolute atomic E-state index is 11.4. The summed E-state index contributed by atoms with van der Waals surface area (Å²) in [6, 6.07) is 0.360. The molecule has 0 amide bonds. The van der Waals surface area contributed by atoms with Gasteiger partial charge < -0.3 is 14.5 Å². The van der Waals surface area contributed by atoms with Gasteiger partial charge in [0.1, 0.15) is 6.26 Å². The molecular weight excluding hydrogens is 220 g/mol. The van der Waals surface area contributed by atoms with Crippen LogP contribution in [0.25, 0.3) is 0 Å². The third-order valence-electron chi connectivity index (χ3n) is 2.96. The van der Waals surface area contributed by atoms with Crippen molar-refractivity contribution in [3.8, 4) is 0 Å². The van der Waals surface area contributed by atoms with Crippen molar-refractivity contribution in [1.82, 2.24) is 4.98 Å². The third kappa shape index (κ3) is 3.47. The Morgan fingerprint density at radius 1 is 1.47 bits per heavy atom. The van der Waals surface area contributed by atoms with Gasteiger partial charge in [-0.15, -0.1) is 0 Å². The second-order valence-electron chi connectivity index (χ2n) is 4.15.